The molecule has 1 amide bonds. The number of amides is 1. The quantitative estimate of drug-likeness (QED) is 0.776. The Morgan fingerprint density at radius 3 is 2.32 bits per heavy atom. The summed E-state index contributed by atoms with van der Waals surface area (Å²) in [6.07, 6.45) is 0. The molecule has 28 heavy (non-hydrogen) atoms. The minimum absolute atomic E-state index is 0.102. The molecular weight excluding hydrogens is 398 g/mol. The van der Waals surface area contributed by atoms with Gasteiger partial charge in [-0.25, -0.2) is 8.42 Å². The number of halogens is 1. The van der Waals surface area contributed by atoms with Crippen LogP contribution in [0.5, 0.6) is 0 Å². The van der Waals surface area contributed by atoms with E-state index in [2.05, 4.69) is 5.32 Å². The van der Waals surface area contributed by atoms with E-state index in [-0.39, 0.29) is 12.5 Å². The zero-order valence-corrected chi connectivity index (χ0v) is 17.3. The fourth-order valence-electron chi connectivity index (χ4n) is 3.08. The van der Waals surface area contributed by atoms with Gasteiger partial charge in [0, 0.05) is 37.7 Å². The molecule has 2 aromatic carbocycles. The van der Waals surface area contributed by atoms with E-state index in [9.17, 15) is 13.2 Å². The second-order valence-corrected chi connectivity index (χ2v) is 9.21. The van der Waals surface area contributed by atoms with Gasteiger partial charge in [-0.1, -0.05) is 47.5 Å². The molecule has 150 valence electrons. The number of carbonyl (C=O) groups excluding carboxylic acids is 1. The van der Waals surface area contributed by atoms with Crippen molar-refractivity contribution < 1.29 is 13.2 Å². The molecule has 1 N–H and O–H groups in total. The molecular formula is C20H24ClN3O3S. The van der Waals surface area contributed by atoms with Crippen LogP contribution in [-0.4, -0.2) is 56.3 Å². The smallest absolute Gasteiger partial charge is 0.243 e. The highest BCUT2D eigenvalue weighted by Crippen LogP contribution is 2.18. The molecule has 0 saturated carbocycles. The van der Waals surface area contributed by atoms with Crippen molar-refractivity contribution in [3.8, 4) is 0 Å². The third-order valence-electron chi connectivity index (χ3n) is 4.79. The SMILES string of the molecule is Cc1ccc(S(=O)(=O)N2CCN(CC(=O)NCc3ccccc3Cl)CC2)cc1. The van der Waals surface area contributed by atoms with Gasteiger partial charge in [0.1, 0.15) is 0 Å². The van der Waals surface area contributed by atoms with E-state index in [0.717, 1.165) is 11.1 Å². The highest BCUT2D eigenvalue weighted by molar-refractivity contribution is 7.89. The Labute approximate surface area is 171 Å². The molecule has 3 rings (SSSR count). The van der Waals surface area contributed by atoms with Gasteiger partial charge in [0.25, 0.3) is 0 Å². The molecule has 0 atom stereocenters. The Morgan fingerprint density at radius 2 is 1.68 bits per heavy atom. The van der Waals surface area contributed by atoms with Crippen LogP contribution in [0.1, 0.15) is 11.1 Å². The predicted molar refractivity (Wildman–Crippen MR) is 110 cm³/mol. The largest absolute Gasteiger partial charge is 0.351 e. The molecule has 1 heterocycles. The Bertz CT molecular complexity index is 924. The summed E-state index contributed by atoms with van der Waals surface area (Å²) in [6.45, 7) is 4.31. The molecule has 0 aromatic heterocycles. The van der Waals surface area contributed by atoms with E-state index in [1.54, 1.807) is 30.3 Å². The monoisotopic (exact) mass is 421 g/mol. The fraction of sp³-hybridized carbons (Fsp3) is 0.350. The van der Waals surface area contributed by atoms with Crippen molar-refractivity contribution in [1.82, 2.24) is 14.5 Å². The van der Waals surface area contributed by atoms with Gasteiger partial charge in [0.05, 0.1) is 11.4 Å². The molecule has 8 heteroatoms. The second kappa shape index (κ2) is 9.05. The minimum atomic E-state index is -3.49. The van der Waals surface area contributed by atoms with E-state index in [0.29, 0.717) is 42.6 Å². The topological polar surface area (TPSA) is 69.7 Å². The van der Waals surface area contributed by atoms with Crippen LogP contribution in [0.4, 0.5) is 0 Å². The van der Waals surface area contributed by atoms with Crippen LogP contribution in [-0.2, 0) is 21.4 Å². The summed E-state index contributed by atoms with van der Waals surface area (Å²) in [5.41, 5.74) is 1.89. The third-order valence-corrected chi connectivity index (χ3v) is 7.07. The van der Waals surface area contributed by atoms with Gasteiger partial charge in [-0.05, 0) is 30.7 Å². The van der Waals surface area contributed by atoms with Gasteiger partial charge in [-0.3, -0.25) is 9.69 Å². The average Bonchev–Trinajstić information content (AvgIpc) is 2.68. The molecule has 0 aliphatic carbocycles. The van der Waals surface area contributed by atoms with E-state index >= 15 is 0 Å². The van der Waals surface area contributed by atoms with Crippen molar-refractivity contribution in [3.63, 3.8) is 0 Å². The van der Waals surface area contributed by atoms with Crippen LogP contribution < -0.4 is 5.32 Å². The maximum Gasteiger partial charge on any atom is 0.243 e. The highest BCUT2D eigenvalue weighted by Gasteiger charge is 2.28. The number of aryl methyl sites for hydroxylation is 1. The number of sulfonamides is 1. The van der Waals surface area contributed by atoms with E-state index in [4.69, 9.17) is 11.6 Å². The van der Waals surface area contributed by atoms with Crippen LogP contribution in [0.3, 0.4) is 0 Å². The lowest BCUT2D eigenvalue weighted by Gasteiger charge is -2.33. The third kappa shape index (κ3) is 5.11. The Hall–Kier alpha value is -1.93. The van der Waals surface area contributed by atoms with Gasteiger partial charge in [-0.15, -0.1) is 0 Å². The summed E-state index contributed by atoms with van der Waals surface area (Å²) >= 11 is 6.09. The van der Waals surface area contributed by atoms with Gasteiger partial charge >= 0.3 is 0 Å². The number of nitrogens with one attached hydrogen (secondary N) is 1. The van der Waals surface area contributed by atoms with Gasteiger partial charge in [0.2, 0.25) is 15.9 Å². The first-order valence-electron chi connectivity index (χ1n) is 9.15. The van der Waals surface area contributed by atoms with Crippen LogP contribution in [0.25, 0.3) is 0 Å². The van der Waals surface area contributed by atoms with Gasteiger partial charge < -0.3 is 5.32 Å². The second-order valence-electron chi connectivity index (χ2n) is 6.86. The van der Waals surface area contributed by atoms with Crippen molar-refractivity contribution in [3.05, 3.63) is 64.7 Å². The van der Waals surface area contributed by atoms with E-state index in [1.165, 1.54) is 4.31 Å². The summed E-state index contributed by atoms with van der Waals surface area (Å²) in [7, 11) is -3.49. The van der Waals surface area contributed by atoms with Crippen molar-refractivity contribution in [2.75, 3.05) is 32.7 Å². The maximum absolute atomic E-state index is 12.7. The number of hydrogen-bond acceptors (Lipinski definition) is 4. The summed E-state index contributed by atoms with van der Waals surface area (Å²) in [5, 5.41) is 3.49. The minimum Gasteiger partial charge on any atom is -0.351 e. The lowest BCUT2D eigenvalue weighted by Crippen LogP contribution is -2.50. The Kier molecular flexibility index (Phi) is 6.72. The molecule has 1 saturated heterocycles. The number of piperazine rings is 1. The Balaban J connectivity index is 1.49. The average molecular weight is 422 g/mol. The van der Waals surface area contributed by atoms with Crippen molar-refractivity contribution in [1.29, 1.82) is 0 Å². The molecule has 0 bridgehead atoms. The molecule has 1 aliphatic heterocycles. The molecule has 6 nitrogen and oxygen atoms in total. The van der Waals surface area contributed by atoms with Crippen LogP contribution >= 0.6 is 11.6 Å². The fourth-order valence-corrected chi connectivity index (χ4v) is 4.71. The zero-order valence-electron chi connectivity index (χ0n) is 15.8. The summed E-state index contributed by atoms with van der Waals surface area (Å²) < 4.78 is 27.0. The predicted octanol–water partition coefficient (Wildman–Crippen LogP) is 2.27. The number of carbonyl (C=O) groups is 1. The molecule has 0 spiro atoms. The lowest BCUT2D eigenvalue weighted by molar-refractivity contribution is -0.122. The first-order valence-corrected chi connectivity index (χ1v) is 11.0. The van der Waals surface area contributed by atoms with Crippen molar-refractivity contribution in [2.24, 2.45) is 0 Å². The van der Waals surface area contributed by atoms with Crippen LogP contribution in [0.2, 0.25) is 5.02 Å². The number of nitrogens with zero attached hydrogens (tertiary/aromatic N) is 2. The van der Waals surface area contributed by atoms with Crippen LogP contribution in [0, 0.1) is 6.92 Å². The highest BCUT2D eigenvalue weighted by atomic mass is 35.5. The van der Waals surface area contributed by atoms with Crippen molar-refractivity contribution >= 4 is 27.5 Å². The molecule has 0 radical (unpaired) electrons. The first kappa shape index (κ1) is 20.8. The number of benzene rings is 2. The zero-order chi connectivity index (χ0) is 20.1. The normalized spacial score (nSPS) is 16.1. The van der Waals surface area contributed by atoms with Crippen molar-refractivity contribution in [2.45, 2.75) is 18.4 Å². The molecule has 2 aromatic rings. The summed E-state index contributed by atoms with van der Waals surface area (Å²) in [6, 6.07) is 14.3. The first-order chi connectivity index (χ1) is 13.4. The standard InChI is InChI=1S/C20H24ClN3O3S/c1-16-6-8-18(9-7-16)28(26,27)24-12-10-23(11-13-24)15-20(25)22-14-17-4-2-3-5-19(17)21/h2-9H,10-15H2,1H3,(H,22,25). The van der Waals surface area contributed by atoms with Gasteiger partial charge in [-0.2, -0.15) is 4.31 Å². The van der Waals surface area contributed by atoms with E-state index < -0.39 is 10.0 Å². The molecule has 0 unspecified atom stereocenters. The van der Waals surface area contributed by atoms with E-state index in [1.807, 2.05) is 30.0 Å². The molecule has 1 aliphatic rings. The number of hydrogen-bond donors (Lipinski definition) is 1. The summed E-state index contributed by atoms with van der Waals surface area (Å²) in [5.74, 6) is -0.102. The van der Waals surface area contributed by atoms with Gasteiger partial charge in [0.15, 0.2) is 0 Å². The maximum atomic E-state index is 12.7. The Morgan fingerprint density at radius 1 is 1.04 bits per heavy atom. The lowest BCUT2D eigenvalue weighted by atomic mass is 10.2. The number of rotatable bonds is 6. The summed E-state index contributed by atoms with van der Waals surface area (Å²) in [4.78, 5) is 14.5. The van der Waals surface area contributed by atoms with Crippen LogP contribution in [0.15, 0.2) is 53.4 Å². The molecule has 1 fully saturated rings.